The first-order valence-electron chi connectivity index (χ1n) is 9.55. The van der Waals surface area contributed by atoms with Gasteiger partial charge in [-0.1, -0.05) is 6.92 Å². The van der Waals surface area contributed by atoms with Crippen LogP contribution in [0, 0.1) is 5.92 Å². The molecular weight excluding hydrogens is 362 g/mol. The van der Waals surface area contributed by atoms with Gasteiger partial charge in [-0.2, -0.15) is 0 Å². The van der Waals surface area contributed by atoms with E-state index in [1.807, 2.05) is 6.92 Å². The molecule has 0 spiro atoms. The number of aromatic nitrogens is 1. The monoisotopic (exact) mass is 385 g/mol. The Hall–Kier alpha value is -3.03. The van der Waals surface area contributed by atoms with Crippen molar-refractivity contribution in [1.29, 1.82) is 0 Å². The summed E-state index contributed by atoms with van der Waals surface area (Å²) in [5, 5.41) is 2.97. The second-order valence-electron chi connectivity index (χ2n) is 7.02. The van der Waals surface area contributed by atoms with Crippen LogP contribution in [0.25, 0.3) is 0 Å². The number of benzene rings is 1. The zero-order valence-electron chi connectivity index (χ0n) is 15.8. The third-order valence-electron chi connectivity index (χ3n) is 5.16. The average Bonchev–Trinajstić information content (AvgIpc) is 3.40. The second-order valence-corrected chi connectivity index (χ2v) is 7.02. The highest BCUT2D eigenvalue weighted by Crippen LogP contribution is 2.32. The number of fused-ring (bicyclic) bond motifs is 1. The maximum atomic E-state index is 12.7. The summed E-state index contributed by atoms with van der Waals surface area (Å²) in [4.78, 5) is 31.1. The Kier molecular flexibility index (Phi) is 5.18. The number of rotatable bonds is 5. The van der Waals surface area contributed by atoms with Crippen LogP contribution in [-0.2, 0) is 6.42 Å². The predicted octanol–water partition coefficient (Wildman–Crippen LogP) is 2.25. The molecule has 0 radical (unpaired) electrons. The molecule has 1 aromatic heterocycles. The number of carbonyl (C=O) groups is 2. The molecule has 2 aliphatic rings. The number of piperidine rings is 1. The van der Waals surface area contributed by atoms with Gasteiger partial charge in [-0.15, -0.1) is 0 Å². The molecule has 0 aliphatic carbocycles. The molecule has 8 heteroatoms. The van der Waals surface area contributed by atoms with Gasteiger partial charge in [0.1, 0.15) is 5.76 Å². The van der Waals surface area contributed by atoms with E-state index in [0.29, 0.717) is 54.6 Å². The predicted molar refractivity (Wildman–Crippen MR) is 99.4 cm³/mol. The lowest BCUT2D eigenvalue weighted by atomic mass is 9.97. The number of ether oxygens (including phenoxy) is 2. The van der Waals surface area contributed by atoms with Crippen LogP contribution in [0.1, 0.15) is 46.4 Å². The van der Waals surface area contributed by atoms with Gasteiger partial charge in [0.15, 0.2) is 23.6 Å². The minimum absolute atomic E-state index is 0.0996. The van der Waals surface area contributed by atoms with Gasteiger partial charge in [0.2, 0.25) is 6.79 Å². The summed E-state index contributed by atoms with van der Waals surface area (Å²) in [6.45, 7) is 3.91. The Morgan fingerprint density at radius 2 is 2.14 bits per heavy atom. The van der Waals surface area contributed by atoms with Crippen molar-refractivity contribution in [2.75, 3.05) is 26.4 Å². The van der Waals surface area contributed by atoms with Crippen LogP contribution in [0.2, 0.25) is 0 Å². The van der Waals surface area contributed by atoms with E-state index in [1.165, 1.54) is 6.39 Å². The van der Waals surface area contributed by atoms with Crippen LogP contribution in [-0.4, -0.2) is 48.1 Å². The van der Waals surface area contributed by atoms with Crippen LogP contribution in [0.5, 0.6) is 11.5 Å². The molecule has 1 N–H and O–H groups in total. The number of aryl methyl sites for hydroxylation is 1. The van der Waals surface area contributed by atoms with Crippen molar-refractivity contribution in [2.24, 2.45) is 5.92 Å². The lowest BCUT2D eigenvalue weighted by Crippen LogP contribution is -2.44. The van der Waals surface area contributed by atoms with Crippen LogP contribution in [0.4, 0.5) is 0 Å². The standard InChI is InChI=1S/C20H23N3O5/c1-2-15-18(22-11-26-15)20(25)23-7-3-4-13(10-23)9-21-19(24)14-5-6-16-17(8-14)28-12-27-16/h5-6,8,11,13H,2-4,7,9-10,12H2,1H3,(H,21,24)/t13-/m1/s1. The fraction of sp³-hybridized carbons (Fsp3) is 0.450. The average molecular weight is 385 g/mol. The van der Waals surface area contributed by atoms with Gasteiger partial charge in [-0.3, -0.25) is 9.59 Å². The maximum absolute atomic E-state index is 12.7. The lowest BCUT2D eigenvalue weighted by Gasteiger charge is -2.32. The van der Waals surface area contributed by atoms with Crippen molar-refractivity contribution in [2.45, 2.75) is 26.2 Å². The van der Waals surface area contributed by atoms with Crippen LogP contribution in [0.15, 0.2) is 29.0 Å². The number of hydrogen-bond acceptors (Lipinski definition) is 6. The summed E-state index contributed by atoms with van der Waals surface area (Å²) in [7, 11) is 0. The molecule has 3 heterocycles. The van der Waals surface area contributed by atoms with Gasteiger partial charge in [0, 0.05) is 31.6 Å². The first-order chi connectivity index (χ1) is 13.7. The SMILES string of the molecule is CCc1ocnc1C(=O)N1CCC[C@H](CNC(=O)c2ccc3c(c2)OCO3)C1. The Bertz CT molecular complexity index is 878. The maximum Gasteiger partial charge on any atom is 0.276 e. The molecule has 0 unspecified atom stereocenters. The number of nitrogens with one attached hydrogen (secondary N) is 1. The van der Waals surface area contributed by atoms with Gasteiger partial charge < -0.3 is 24.1 Å². The van der Waals surface area contributed by atoms with E-state index in [4.69, 9.17) is 13.9 Å². The molecule has 2 aliphatic heterocycles. The molecule has 2 amide bonds. The second kappa shape index (κ2) is 7.92. The number of amides is 2. The summed E-state index contributed by atoms with van der Waals surface area (Å²) in [6.07, 6.45) is 3.81. The van der Waals surface area contributed by atoms with Gasteiger partial charge in [0.05, 0.1) is 0 Å². The molecule has 1 saturated heterocycles. The minimum Gasteiger partial charge on any atom is -0.454 e. The Balaban J connectivity index is 1.34. The molecular formula is C20H23N3O5. The van der Waals surface area contributed by atoms with Gasteiger partial charge >= 0.3 is 0 Å². The van der Waals surface area contributed by atoms with E-state index in [0.717, 1.165) is 12.8 Å². The summed E-state index contributed by atoms with van der Waals surface area (Å²) in [5.74, 6) is 1.79. The highest BCUT2D eigenvalue weighted by Gasteiger charge is 2.28. The topological polar surface area (TPSA) is 93.9 Å². The smallest absolute Gasteiger partial charge is 0.276 e. The fourth-order valence-corrected chi connectivity index (χ4v) is 3.64. The summed E-state index contributed by atoms with van der Waals surface area (Å²) in [6, 6.07) is 5.14. The van der Waals surface area contributed by atoms with E-state index < -0.39 is 0 Å². The van der Waals surface area contributed by atoms with Crippen LogP contribution in [0.3, 0.4) is 0 Å². The van der Waals surface area contributed by atoms with E-state index in [-0.39, 0.29) is 24.5 Å². The van der Waals surface area contributed by atoms with E-state index in [2.05, 4.69) is 10.3 Å². The summed E-state index contributed by atoms with van der Waals surface area (Å²) < 4.78 is 15.9. The van der Waals surface area contributed by atoms with Crippen molar-refractivity contribution < 1.29 is 23.5 Å². The van der Waals surface area contributed by atoms with Crippen molar-refractivity contribution >= 4 is 11.8 Å². The van der Waals surface area contributed by atoms with E-state index in [1.54, 1.807) is 23.1 Å². The molecule has 1 aromatic carbocycles. The number of carbonyl (C=O) groups excluding carboxylic acids is 2. The summed E-state index contributed by atoms with van der Waals surface area (Å²) in [5.41, 5.74) is 0.927. The van der Waals surface area contributed by atoms with Crippen molar-refractivity contribution in [1.82, 2.24) is 15.2 Å². The molecule has 1 fully saturated rings. The zero-order chi connectivity index (χ0) is 19.5. The molecule has 0 bridgehead atoms. The third-order valence-corrected chi connectivity index (χ3v) is 5.16. The molecule has 1 atom stereocenters. The van der Waals surface area contributed by atoms with Crippen LogP contribution < -0.4 is 14.8 Å². The molecule has 28 heavy (non-hydrogen) atoms. The minimum atomic E-state index is -0.161. The Morgan fingerprint density at radius 1 is 1.29 bits per heavy atom. The quantitative estimate of drug-likeness (QED) is 0.848. The number of oxazole rings is 1. The van der Waals surface area contributed by atoms with Crippen molar-refractivity contribution in [3.63, 3.8) is 0 Å². The van der Waals surface area contributed by atoms with E-state index in [9.17, 15) is 9.59 Å². The molecule has 4 rings (SSSR count). The van der Waals surface area contributed by atoms with Crippen LogP contribution >= 0.6 is 0 Å². The molecule has 148 valence electrons. The van der Waals surface area contributed by atoms with E-state index >= 15 is 0 Å². The molecule has 2 aromatic rings. The first kappa shape index (κ1) is 18.3. The normalized spacial score (nSPS) is 18.2. The fourth-order valence-electron chi connectivity index (χ4n) is 3.64. The summed E-state index contributed by atoms with van der Waals surface area (Å²) >= 11 is 0. The number of hydrogen-bond donors (Lipinski definition) is 1. The van der Waals surface area contributed by atoms with Gasteiger partial charge in [-0.25, -0.2) is 4.98 Å². The lowest BCUT2D eigenvalue weighted by molar-refractivity contribution is 0.0663. The molecule has 8 nitrogen and oxygen atoms in total. The number of likely N-dealkylation sites (tertiary alicyclic amines) is 1. The Labute approximate surface area is 162 Å². The third kappa shape index (κ3) is 3.67. The zero-order valence-corrected chi connectivity index (χ0v) is 15.8. The highest BCUT2D eigenvalue weighted by atomic mass is 16.7. The van der Waals surface area contributed by atoms with Crippen molar-refractivity contribution in [3.05, 3.63) is 41.6 Å². The highest BCUT2D eigenvalue weighted by molar-refractivity contribution is 5.95. The largest absolute Gasteiger partial charge is 0.454 e. The van der Waals surface area contributed by atoms with Gasteiger partial charge in [-0.05, 0) is 37.0 Å². The molecule has 0 saturated carbocycles. The van der Waals surface area contributed by atoms with Crippen molar-refractivity contribution in [3.8, 4) is 11.5 Å². The number of nitrogens with zero attached hydrogens (tertiary/aromatic N) is 2. The first-order valence-corrected chi connectivity index (χ1v) is 9.55. The Morgan fingerprint density at radius 3 is 3.00 bits per heavy atom. The van der Waals surface area contributed by atoms with Gasteiger partial charge in [0.25, 0.3) is 11.8 Å².